The van der Waals surface area contributed by atoms with Gasteiger partial charge in [-0.3, -0.25) is 4.57 Å². The van der Waals surface area contributed by atoms with E-state index in [-0.39, 0.29) is 5.41 Å². The molecule has 0 spiro atoms. The van der Waals surface area contributed by atoms with Crippen LogP contribution < -0.4 is 0 Å². The van der Waals surface area contributed by atoms with Gasteiger partial charge in [0.15, 0.2) is 11.6 Å². The van der Waals surface area contributed by atoms with E-state index in [0.29, 0.717) is 17.6 Å². The lowest BCUT2D eigenvalue weighted by molar-refractivity contribution is 0.660. The fraction of sp³-hybridized carbons (Fsp3) is 0.0833. The second-order valence-corrected chi connectivity index (χ2v) is 10.9. The van der Waals surface area contributed by atoms with Crippen molar-refractivity contribution in [3.05, 3.63) is 132 Å². The third-order valence-corrected chi connectivity index (χ3v) is 8.27. The topological polar surface area (TPSA) is 43.6 Å². The Morgan fingerprint density at radius 3 is 1.82 bits per heavy atom. The molecule has 0 unspecified atom stereocenters. The number of benzene rings is 5. The van der Waals surface area contributed by atoms with E-state index in [1.165, 1.54) is 33.0 Å². The Bertz CT molecular complexity index is 2010. The minimum absolute atomic E-state index is 0.106. The van der Waals surface area contributed by atoms with Crippen LogP contribution in [0.25, 0.3) is 61.7 Å². The molecule has 1 aliphatic rings. The first-order valence-electron chi connectivity index (χ1n) is 13.6. The first kappa shape index (κ1) is 22.9. The zero-order valence-electron chi connectivity index (χ0n) is 22.3. The molecule has 0 saturated carbocycles. The molecular formula is C36H26N4. The lowest BCUT2D eigenvalue weighted by atomic mass is 9.82. The highest BCUT2D eigenvalue weighted by molar-refractivity contribution is 6.15. The molecule has 1 aliphatic carbocycles. The Hall–Kier alpha value is -5.09. The normalized spacial score (nSPS) is 13.4. The molecule has 2 aromatic heterocycles. The van der Waals surface area contributed by atoms with E-state index in [0.717, 1.165) is 22.2 Å². The molecule has 5 aromatic carbocycles. The maximum atomic E-state index is 5.13. The van der Waals surface area contributed by atoms with Crippen molar-refractivity contribution >= 4 is 21.8 Å². The summed E-state index contributed by atoms with van der Waals surface area (Å²) in [4.78, 5) is 15.2. The number of hydrogen-bond acceptors (Lipinski definition) is 3. The summed E-state index contributed by atoms with van der Waals surface area (Å²) in [6.45, 7) is 4.64. The number of para-hydroxylation sites is 1. The number of fused-ring (bicyclic) bond motifs is 7. The molecule has 0 aliphatic heterocycles. The average Bonchev–Trinajstić information content (AvgIpc) is 3.47. The third-order valence-electron chi connectivity index (χ3n) is 8.27. The van der Waals surface area contributed by atoms with Crippen LogP contribution in [-0.2, 0) is 5.41 Å². The fourth-order valence-corrected chi connectivity index (χ4v) is 6.35. The monoisotopic (exact) mass is 514 g/mol. The smallest absolute Gasteiger partial charge is 0.238 e. The van der Waals surface area contributed by atoms with Gasteiger partial charge in [-0.15, -0.1) is 0 Å². The van der Waals surface area contributed by atoms with Crippen molar-refractivity contribution in [2.45, 2.75) is 19.3 Å². The molecule has 4 heteroatoms. The second kappa shape index (κ2) is 8.45. The van der Waals surface area contributed by atoms with Crippen molar-refractivity contribution in [3.8, 4) is 39.9 Å². The van der Waals surface area contributed by atoms with E-state index < -0.39 is 0 Å². The molecule has 0 atom stereocenters. The number of rotatable bonds is 3. The molecule has 40 heavy (non-hydrogen) atoms. The molecule has 7 aromatic rings. The maximum absolute atomic E-state index is 5.13. The molecule has 0 amide bonds. The molecule has 0 fully saturated rings. The predicted octanol–water partition coefficient (Wildman–Crippen LogP) is 8.61. The van der Waals surface area contributed by atoms with Crippen molar-refractivity contribution in [2.75, 3.05) is 0 Å². The second-order valence-electron chi connectivity index (χ2n) is 10.9. The lowest BCUT2D eigenvalue weighted by Crippen LogP contribution is -2.14. The van der Waals surface area contributed by atoms with Gasteiger partial charge in [-0.2, -0.15) is 9.97 Å². The highest BCUT2D eigenvalue weighted by Crippen LogP contribution is 2.52. The van der Waals surface area contributed by atoms with Crippen molar-refractivity contribution < 1.29 is 0 Å². The lowest BCUT2D eigenvalue weighted by Gasteiger charge is -2.21. The van der Waals surface area contributed by atoms with Crippen LogP contribution in [0, 0.1) is 0 Å². The van der Waals surface area contributed by atoms with Crippen LogP contribution in [0.15, 0.2) is 121 Å². The quantitative estimate of drug-likeness (QED) is 0.237. The SMILES string of the molecule is CC1(C)c2ccccc2-c2c1ccc1c3ccccc3n(-c3nc(-c4ccccc4)nc(-c4ccccc4)n3)c21. The molecule has 2 heterocycles. The summed E-state index contributed by atoms with van der Waals surface area (Å²) in [5.41, 5.74) is 9.24. The molecule has 0 radical (unpaired) electrons. The van der Waals surface area contributed by atoms with Crippen molar-refractivity contribution in [1.29, 1.82) is 0 Å². The van der Waals surface area contributed by atoms with Gasteiger partial charge in [0.1, 0.15) is 0 Å². The van der Waals surface area contributed by atoms with Crippen LogP contribution in [0.4, 0.5) is 0 Å². The van der Waals surface area contributed by atoms with E-state index in [4.69, 9.17) is 15.0 Å². The van der Waals surface area contributed by atoms with Gasteiger partial charge >= 0.3 is 0 Å². The first-order chi connectivity index (χ1) is 19.6. The number of aromatic nitrogens is 4. The molecule has 4 nitrogen and oxygen atoms in total. The summed E-state index contributed by atoms with van der Waals surface area (Å²) < 4.78 is 2.25. The van der Waals surface area contributed by atoms with E-state index in [1.807, 2.05) is 36.4 Å². The van der Waals surface area contributed by atoms with Gasteiger partial charge in [0.05, 0.1) is 11.0 Å². The average molecular weight is 515 g/mol. The number of nitrogens with zero attached hydrogens (tertiary/aromatic N) is 4. The minimum atomic E-state index is -0.106. The highest BCUT2D eigenvalue weighted by atomic mass is 15.2. The zero-order chi connectivity index (χ0) is 26.8. The Balaban J connectivity index is 1.52. The summed E-state index contributed by atoms with van der Waals surface area (Å²) in [6, 6.07) is 42.3. The maximum Gasteiger partial charge on any atom is 0.238 e. The van der Waals surface area contributed by atoms with E-state index in [1.54, 1.807) is 0 Å². The van der Waals surface area contributed by atoms with Crippen LogP contribution in [0.2, 0.25) is 0 Å². The van der Waals surface area contributed by atoms with Crippen molar-refractivity contribution in [1.82, 2.24) is 19.5 Å². The van der Waals surface area contributed by atoms with E-state index >= 15 is 0 Å². The molecule has 0 N–H and O–H groups in total. The van der Waals surface area contributed by atoms with Gasteiger partial charge in [-0.25, -0.2) is 4.98 Å². The van der Waals surface area contributed by atoms with Crippen molar-refractivity contribution in [2.24, 2.45) is 0 Å². The Labute approximate surface area is 232 Å². The summed E-state index contributed by atoms with van der Waals surface area (Å²) in [6.07, 6.45) is 0. The standard InChI is InChI=1S/C36H26N4/c1-36(2)28-19-11-9-18-27(28)31-29(36)22-21-26-25-17-10-12-20-30(25)40(32(26)31)35-38-33(23-13-5-3-6-14-23)37-34(39-35)24-15-7-4-8-16-24/h3-22H,1-2H3. The molecule has 0 bridgehead atoms. The van der Waals surface area contributed by atoms with Crippen LogP contribution in [0.3, 0.4) is 0 Å². The van der Waals surface area contributed by atoms with Crippen LogP contribution in [0.5, 0.6) is 0 Å². The summed E-state index contributed by atoms with van der Waals surface area (Å²) in [5, 5.41) is 2.38. The first-order valence-corrected chi connectivity index (χ1v) is 13.6. The van der Waals surface area contributed by atoms with Gasteiger partial charge in [0.2, 0.25) is 5.95 Å². The molecule has 0 saturated heterocycles. The van der Waals surface area contributed by atoms with Gasteiger partial charge in [-0.1, -0.05) is 129 Å². The van der Waals surface area contributed by atoms with Gasteiger partial charge < -0.3 is 0 Å². The summed E-state index contributed by atoms with van der Waals surface area (Å²) >= 11 is 0. The molecule has 8 rings (SSSR count). The Morgan fingerprint density at radius 2 is 1.12 bits per heavy atom. The summed E-state index contributed by atoms with van der Waals surface area (Å²) in [5.74, 6) is 1.93. The fourth-order valence-electron chi connectivity index (χ4n) is 6.35. The van der Waals surface area contributed by atoms with Crippen LogP contribution in [-0.4, -0.2) is 19.5 Å². The van der Waals surface area contributed by atoms with Crippen LogP contribution >= 0.6 is 0 Å². The number of hydrogen-bond donors (Lipinski definition) is 0. The minimum Gasteiger partial charge on any atom is -0.277 e. The molecular weight excluding hydrogens is 488 g/mol. The van der Waals surface area contributed by atoms with E-state index in [9.17, 15) is 0 Å². The van der Waals surface area contributed by atoms with Crippen LogP contribution in [0.1, 0.15) is 25.0 Å². The van der Waals surface area contributed by atoms with Gasteiger partial charge in [0.25, 0.3) is 0 Å². The summed E-state index contributed by atoms with van der Waals surface area (Å²) in [7, 11) is 0. The van der Waals surface area contributed by atoms with Gasteiger partial charge in [-0.05, 0) is 22.8 Å². The Morgan fingerprint density at radius 1 is 0.525 bits per heavy atom. The highest BCUT2D eigenvalue weighted by Gasteiger charge is 2.37. The van der Waals surface area contributed by atoms with Gasteiger partial charge in [0, 0.05) is 32.9 Å². The third kappa shape index (κ3) is 3.23. The zero-order valence-corrected chi connectivity index (χ0v) is 22.3. The van der Waals surface area contributed by atoms with Crippen molar-refractivity contribution in [3.63, 3.8) is 0 Å². The van der Waals surface area contributed by atoms with E-state index in [2.05, 4.69) is 103 Å². The largest absolute Gasteiger partial charge is 0.277 e. The molecule has 190 valence electrons. The predicted molar refractivity (Wildman–Crippen MR) is 163 cm³/mol. The Kier molecular flexibility index (Phi) is 4.83.